The van der Waals surface area contributed by atoms with Crippen molar-refractivity contribution in [3.05, 3.63) is 28.2 Å². The van der Waals surface area contributed by atoms with Crippen LogP contribution in [-0.4, -0.2) is 12.5 Å². The van der Waals surface area contributed by atoms with E-state index in [2.05, 4.69) is 27.3 Å². The summed E-state index contributed by atoms with van der Waals surface area (Å²) in [5.41, 5.74) is 6.74. The van der Waals surface area contributed by atoms with E-state index in [0.717, 1.165) is 23.7 Å². The highest BCUT2D eigenvalue weighted by atomic mass is 79.9. The molecule has 1 aliphatic rings. The summed E-state index contributed by atoms with van der Waals surface area (Å²) >= 11 is 3.30. The summed E-state index contributed by atoms with van der Waals surface area (Å²) in [6.45, 7) is 0.547. The molecule has 1 aromatic carbocycles. The molecular weight excluding hydrogens is 306 g/mol. The molecule has 1 fully saturated rings. The molecule has 0 saturated heterocycles. The van der Waals surface area contributed by atoms with Gasteiger partial charge in [0.1, 0.15) is 6.07 Å². The first-order chi connectivity index (χ1) is 9.08. The molecule has 1 aliphatic carbocycles. The van der Waals surface area contributed by atoms with E-state index in [1.165, 1.54) is 0 Å². The smallest absolute Gasteiger partial charge is 0.225 e. The molecule has 0 atom stereocenters. The van der Waals surface area contributed by atoms with Crippen molar-refractivity contribution in [2.75, 3.05) is 11.9 Å². The Bertz CT molecular complexity index is 526. The Morgan fingerprint density at radius 3 is 2.79 bits per heavy atom. The van der Waals surface area contributed by atoms with E-state index < -0.39 is 0 Å². The maximum absolute atomic E-state index is 12.0. The molecule has 19 heavy (non-hydrogen) atoms. The number of nitrogens with zero attached hydrogens (tertiary/aromatic N) is 1. The van der Waals surface area contributed by atoms with Gasteiger partial charge in [-0.15, -0.1) is 0 Å². The Morgan fingerprint density at radius 2 is 2.26 bits per heavy atom. The molecule has 0 heterocycles. The zero-order valence-electron chi connectivity index (χ0n) is 10.6. The first-order valence-corrected chi connectivity index (χ1v) is 7.07. The summed E-state index contributed by atoms with van der Waals surface area (Å²) in [5.74, 6) is -0.0658. The summed E-state index contributed by atoms with van der Waals surface area (Å²) < 4.78 is 0.819. The third-order valence-corrected chi connectivity index (χ3v) is 4.25. The highest BCUT2D eigenvalue weighted by Gasteiger charge is 2.37. The van der Waals surface area contributed by atoms with Crippen LogP contribution in [0.5, 0.6) is 0 Å². The highest BCUT2D eigenvalue weighted by Crippen LogP contribution is 2.43. The monoisotopic (exact) mass is 321 g/mol. The molecule has 0 unspecified atom stereocenters. The molecule has 3 N–H and O–H groups in total. The summed E-state index contributed by atoms with van der Waals surface area (Å²) in [7, 11) is 0. The van der Waals surface area contributed by atoms with Crippen LogP contribution in [0, 0.1) is 16.7 Å². The van der Waals surface area contributed by atoms with Gasteiger partial charge in [0.25, 0.3) is 0 Å². The van der Waals surface area contributed by atoms with Crippen LogP contribution in [0.3, 0.4) is 0 Å². The third-order valence-electron chi connectivity index (χ3n) is 3.76. The van der Waals surface area contributed by atoms with E-state index in [9.17, 15) is 4.79 Å². The quantitative estimate of drug-likeness (QED) is 0.894. The standard InChI is InChI=1S/C14H16BrN3O/c15-11-2-3-12(10(6-11)8-16)18-13(19)7-14(9-17)4-1-5-14/h2-3,6H,1,4-5,7,9,17H2,(H,18,19). The Labute approximate surface area is 121 Å². The van der Waals surface area contributed by atoms with Crippen molar-refractivity contribution in [1.29, 1.82) is 5.26 Å². The largest absolute Gasteiger partial charge is 0.330 e. The van der Waals surface area contributed by atoms with Gasteiger partial charge in [-0.25, -0.2) is 0 Å². The van der Waals surface area contributed by atoms with Gasteiger partial charge in [0.05, 0.1) is 11.3 Å². The second-order valence-corrected chi connectivity index (χ2v) is 6.00. The number of benzene rings is 1. The van der Waals surface area contributed by atoms with Crippen LogP contribution >= 0.6 is 15.9 Å². The van der Waals surface area contributed by atoms with Crippen molar-refractivity contribution >= 4 is 27.5 Å². The second-order valence-electron chi connectivity index (χ2n) is 5.08. The molecule has 0 radical (unpaired) electrons. The van der Waals surface area contributed by atoms with E-state index in [1.54, 1.807) is 18.2 Å². The maximum atomic E-state index is 12.0. The number of halogens is 1. The highest BCUT2D eigenvalue weighted by molar-refractivity contribution is 9.10. The Balaban J connectivity index is 2.05. The minimum atomic E-state index is -0.0658. The SMILES string of the molecule is N#Cc1cc(Br)ccc1NC(=O)CC1(CN)CCC1. The molecule has 0 bridgehead atoms. The van der Waals surface area contributed by atoms with E-state index in [4.69, 9.17) is 11.0 Å². The number of nitriles is 1. The topological polar surface area (TPSA) is 78.9 Å². The molecule has 4 nitrogen and oxygen atoms in total. The normalized spacial score (nSPS) is 16.3. The number of rotatable bonds is 4. The molecule has 1 aromatic rings. The molecule has 0 aromatic heterocycles. The number of carbonyl (C=O) groups is 1. The lowest BCUT2D eigenvalue weighted by molar-refractivity contribution is -0.119. The zero-order valence-corrected chi connectivity index (χ0v) is 12.2. The van der Waals surface area contributed by atoms with Crippen molar-refractivity contribution < 1.29 is 4.79 Å². The van der Waals surface area contributed by atoms with Crippen LogP contribution in [-0.2, 0) is 4.79 Å². The fraction of sp³-hybridized carbons (Fsp3) is 0.429. The number of amides is 1. The summed E-state index contributed by atoms with van der Waals surface area (Å²) in [4.78, 5) is 12.0. The molecule has 2 rings (SSSR count). The van der Waals surface area contributed by atoms with Crippen molar-refractivity contribution in [1.82, 2.24) is 0 Å². The maximum Gasteiger partial charge on any atom is 0.225 e. The number of anilines is 1. The minimum Gasteiger partial charge on any atom is -0.330 e. The van der Waals surface area contributed by atoms with E-state index in [0.29, 0.717) is 24.2 Å². The van der Waals surface area contributed by atoms with Gasteiger partial charge < -0.3 is 11.1 Å². The zero-order chi connectivity index (χ0) is 13.9. The first kappa shape index (κ1) is 14.0. The van der Waals surface area contributed by atoms with Gasteiger partial charge in [-0.3, -0.25) is 4.79 Å². The minimum absolute atomic E-state index is 0.0216. The van der Waals surface area contributed by atoms with Crippen LogP contribution in [0.15, 0.2) is 22.7 Å². The molecule has 5 heteroatoms. The fourth-order valence-corrected chi connectivity index (χ4v) is 2.74. The van der Waals surface area contributed by atoms with Gasteiger partial charge in [-0.1, -0.05) is 22.4 Å². The molecule has 1 saturated carbocycles. The summed E-state index contributed by atoms with van der Waals surface area (Å²) in [6.07, 6.45) is 3.61. The van der Waals surface area contributed by atoms with E-state index >= 15 is 0 Å². The Morgan fingerprint density at radius 1 is 1.53 bits per heavy atom. The first-order valence-electron chi connectivity index (χ1n) is 6.28. The van der Waals surface area contributed by atoms with E-state index in [-0.39, 0.29) is 11.3 Å². The van der Waals surface area contributed by atoms with Crippen molar-refractivity contribution in [2.45, 2.75) is 25.7 Å². The van der Waals surface area contributed by atoms with E-state index in [1.807, 2.05) is 0 Å². The van der Waals surface area contributed by atoms with Crippen molar-refractivity contribution in [3.8, 4) is 6.07 Å². The average molecular weight is 322 g/mol. The van der Waals surface area contributed by atoms with Gasteiger partial charge >= 0.3 is 0 Å². The average Bonchev–Trinajstić information content (AvgIpc) is 2.36. The second kappa shape index (κ2) is 5.72. The van der Waals surface area contributed by atoms with Gasteiger partial charge in [0.15, 0.2) is 0 Å². The van der Waals surface area contributed by atoms with Crippen LogP contribution < -0.4 is 11.1 Å². The van der Waals surface area contributed by atoms with Crippen LogP contribution in [0.4, 0.5) is 5.69 Å². The van der Waals surface area contributed by atoms with Crippen molar-refractivity contribution in [3.63, 3.8) is 0 Å². The van der Waals surface area contributed by atoms with Crippen LogP contribution in [0.25, 0.3) is 0 Å². The Hall–Kier alpha value is -1.38. The van der Waals surface area contributed by atoms with Crippen molar-refractivity contribution in [2.24, 2.45) is 11.1 Å². The predicted molar refractivity (Wildman–Crippen MR) is 77.4 cm³/mol. The summed E-state index contributed by atoms with van der Waals surface area (Å²) in [6, 6.07) is 7.31. The Kier molecular flexibility index (Phi) is 4.23. The number of hydrogen-bond acceptors (Lipinski definition) is 3. The number of nitrogens with one attached hydrogen (secondary N) is 1. The lowest BCUT2D eigenvalue weighted by Crippen LogP contribution is -2.40. The predicted octanol–water partition coefficient (Wildman–Crippen LogP) is 2.78. The van der Waals surface area contributed by atoms with Gasteiger partial charge in [0.2, 0.25) is 5.91 Å². The lowest BCUT2D eigenvalue weighted by Gasteiger charge is -2.40. The molecule has 100 valence electrons. The van der Waals surface area contributed by atoms with Crippen LogP contribution in [0.1, 0.15) is 31.2 Å². The number of hydrogen-bond donors (Lipinski definition) is 2. The van der Waals surface area contributed by atoms with Crippen LogP contribution in [0.2, 0.25) is 0 Å². The third kappa shape index (κ3) is 3.14. The molecular formula is C14H16BrN3O. The number of carbonyl (C=O) groups excluding carboxylic acids is 1. The molecule has 0 aliphatic heterocycles. The summed E-state index contributed by atoms with van der Waals surface area (Å²) in [5, 5.41) is 11.9. The van der Waals surface area contributed by atoms with Gasteiger partial charge in [-0.05, 0) is 43.0 Å². The molecule has 1 amide bonds. The molecule has 0 spiro atoms. The lowest BCUT2D eigenvalue weighted by atomic mass is 9.66. The van der Waals surface area contributed by atoms with Gasteiger partial charge in [0, 0.05) is 10.9 Å². The fourth-order valence-electron chi connectivity index (χ4n) is 2.38. The number of nitrogens with two attached hydrogens (primary N) is 1. The van der Waals surface area contributed by atoms with Gasteiger partial charge in [-0.2, -0.15) is 5.26 Å².